The number of benzene rings is 2. The molecule has 0 radical (unpaired) electrons. The lowest BCUT2D eigenvalue weighted by atomic mass is 10.0. The fourth-order valence-electron chi connectivity index (χ4n) is 2.58. The molecule has 2 aromatic carbocycles. The number of halogens is 2. The van der Waals surface area contributed by atoms with Gasteiger partial charge in [-0.2, -0.15) is 0 Å². The average molecular weight is 455 g/mol. The quantitative estimate of drug-likeness (QED) is 0.733. The van der Waals surface area contributed by atoms with Crippen molar-refractivity contribution in [1.29, 1.82) is 0 Å². The lowest BCUT2D eigenvalue weighted by Gasteiger charge is -2.28. The van der Waals surface area contributed by atoms with E-state index >= 15 is 0 Å². The average Bonchev–Trinajstić information content (AvgIpc) is 2.57. The van der Waals surface area contributed by atoms with Crippen LogP contribution < -0.4 is 14.8 Å². The van der Waals surface area contributed by atoms with Gasteiger partial charge in [-0.15, -0.1) is 0 Å². The summed E-state index contributed by atoms with van der Waals surface area (Å²) in [6.07, 6.45) is 0.157. The monoisotopic (exact) mass is 453 g/mol. The van der Waals surface area contributed by atoms with Crippen molar-refractivity contribution in [3.63, 3.8) is 0 Å². The third-order valence-electron chi connectivity index (χ3n) is 3.82. The minimum absolute atomic E-state index is 0.0743. The normalized spacial score (nSPS) is 17.4. The molecular weight excluding hydrogens is 438 g/mol. The highest BCUT2D eigenvalue weighted by atomic mass is 79.9. The van der Waals surface area contributed by atoms with E-state index in [0.717, 1.165) is 26.7 Å². The summed E-state index contributed by atoms with van der Waals surface area (Å²) in [6, 6.07) is 13.2. The van der Waals surface area contributed by atoms with Gasteiger partial charge in [-0.3, -0.25) is 4.79 Å². The van der Waals surface area contributed by atoms with Gasteiger partial charge in [0.05, 0.1) is 12.6 Å². The van der Waals surface area contributed by atoms with Gasteiger partial charge in [0.1, 0.15) is 11.5 Å². The number of amides is 1. The van der Waals surface area contributed by atoms with Crippen LogP contribution in [-0.4, -0.2) is 18.6 Å². The highest BCUT2D eigenvalue weighted by molar-refractivity contribution is 9.10. The van der Waals surface area contributed by atoms with Crippen molar-refractivity contribution in [3.8, 4) is 11.5 Å². The van der Waals surface area contributed by atoms with Crippen LogP contribution in [0.4, 0.5) is 0 Å². The second-order valence-corrected chi connectivity index (χ2v) is 7.43. The SMILES string of the molecule is CC(Oc1ccc(Br)cc1)C(=O)NC1CCOc2ccc(Br)cc21. The summed E-state index contributed by atoms with van der Waals surface area (Å²) in [5.74, 6) is 1.34. The van der Waals surface area contributed by atoms with Crippen LogP contribution in [0.2, 0.25) is 0 Å². The molecule has 0 spiro atoms. The number of carbonyl (C=O) groups excluding carboxylic acids is 1. The second kappa shape index (κ2) is 7.57. The van der Waals surface area contributed by atoms with E-state index in [2.05, 4.69) is 37.2 Å². The Morgan fingerprint density at radius 1 is 1.21 bits per heavy atom. The van der Waals surface area contributed by atoms with Gasteiger partial charge in [-0.1, -0.05) is 31.9 Å². The Morgan fingerprint density at radius 3 is 2.67 bits per heavy atom. The van der Waals surface area contributed by atoms with Crippen molar-refractivity contribution in [1.82, 2.24) is 5.32 Å². The predicted molar refractivity (Wildman–Crippen MR) is 99.4 cm³/mol. The van der Waals surface area contributed by atoms with E-state index in [-0.39, 0.29) is 11.9 Å². The first-order chi connectivity index (χ1) is 11.5. The molecule has 0 saturated carbocycles. The molecule has 0 bridgehead atoms. The summed E-state index contributed by atoms with van der Waals surface area (Å²) < 4.78 is 13.3. The maximum absolute atomic E-state index is 12.5. The standard InChI is InChI=1S/C18H17Br2NO3/c1-11(24-14-5-2-12(19)3-6-14)18(22)21-16-8-9-23-17-7-4-13(20)10-15(16)17/h2-7,10-11,16H,8-9H2,1H3,(H,21,22). The van der Waals surface area contributed by atoms with Crippen LogP contribution in [0.1, 0.15) is 24.9 Å². The molecule has 2 atom stereocenters. The molecule has 1 aliphatic heterocycles. The summed E-state index contributed by atoms with van der Waals surface area (Å²) in [5.41, 5.74) is 0.986. The third kappa shape index (κ3) is 4.11. The molecule has 1 amide bonds. The van der Waals surface area contributed by atoms with E-state index in [0.29, 0.717) is 12.4 Å². The van der Waals surface area contributed by atoms with Crippen LogP contribution in [0.25, 0.3) is 0 Å². The number of carbonyl (C=O) groups is 1. The summed E-state index contributed by atoms with van der Waals surface area (Å²) in [7, 11) is 0. The highest BCUT2D eigenvalue weighted by Crippen LogP contribution is 2.34. The van der Waals surface area contributed by atoms with Crippen LogP contribution in [-0.2, 0) is 4.79 Å². The summed E-state index contributed by atoms with van der Waals surface area (Å²) in [6.45, 7) is 2.33. The van der Waals surface area contributed by atoms with Crippen molar-refractivity contribution < 1.29 is 14.3 Å². The topological polar surface area (TPSA) is 47.6 Å². The Bertz CT molecular complexity index is 734. The van der Waals surface area contributed by atoms with Gasteiger partial charge in [0.2, 0.25) is 0 Å². The number of rotatable bonds is 4. The second-order valence-electron chi connectivity index (χ2n) is 5.59. The molecule has 4 nitrogen and oxygen atoms in total. The van der Waals surface area contributed by atoms with Crippen LogP contribution in [0.3, 0.4) is 0 Å². The van der Waals surface area contributed by atoms with Gasteiger partial charge in [0, 0.05) is 20.9 Å². The Labute approximate surface area is 157 Å². The molecule has 1 heterocycles. The zero-order valence-electron chi connectivity index (χ0n) is 13.1. The van der Waals surface area contributed by atoms with E-state index in [1.165, 1.54) is 0 Å². The Balaban J connectivity index is 1.67. The summed E-state index contributed by atoms with van der Waals surface area (Å²) in [4.78, 5) is 12.5. The van der Waals surface area contributed by atoms with E-state index < -0.39 is 6.10 Å². The number of nitrogens with one attached hydrogen (secondary N) is 1. The first kappa shape index (κ1) is 17.3. The third-order valence-corrected chi connectivity index (χ3v) is 4.85. The number of hydrogen-bond donors (Lipinski definition) is 1. The van der Waals surface area contributed by atoms with E-state index in [1.807, 2.05) is 42.5 Å². The van der Waals surface area contributed by atoms with Gasteiger partial charge in [-0.05, 0) is 49.4 Å². The molecular formula is C18H17Br2NO3. The molecule has 6 heteroatoms. The van der Waals surface area contributed by atoms with Crippen molar-refractivity contribution in [2.24, 2.45) is 0 Å². The van der Waals surface area contributed by atoms with E-state index in [9.17, 15) is 4.79 Å². The largest absolute Gasteiger partial charge is 0.493 e. The van der Waals surface area contributed by atoms with Gasteiger partial charge in [0.25, 0.3) is 5.91 Å². The van der Waals surface area contributed by atoms with Crippen molar-refractivity contribution >= 4 is 37.8 Å². The van der Waals surface area contributed by atoms with Crippen LogP contribution in [0, 0.1) is 0 Å². The Kier molecular flexibility index (Phi) is 5.46. The molecule has 3 rings (SSSR count). The van der Waals surface area contributed by atoms with Gasteiger partial charge < -0.3 is 14.8 Å². The van der Waals surface area contributed by atoms with E-state index in [1.54, 1.807) is 6.92 Å². The molecule has 1 N–H and O–H groups in total. The summed E-state index contributed by atoms with van der Waals surface area (Å²) >= 11 is 6.84. The van der Waals surface area contributed by atoms with Gasteiger partial charge >= 0.3 is 0 Å². The zero-order valence-corrected chi connectivity index (χ0v) is 16.3. The molecule has 1 aliphatic rings. The fraction of sp³-hybridized carbons (Fsp3) is 0.278. The van der Waals surface area contributed by atoms with Crippen LogP contribution >= 0.6 is 31.9 Å². The van der Waals surface area contributed by atoms with Gasteiger partial charge in [0.15, 0.2) is 6.10 Å². The lowest BCUT2D eigenvalue weighted by molar-refractivity contribution is -0.128. The molecule has 0 saturated heterocycles. The Morgan fingerprint density at radius 2 is 1.92 bits per heavy atom. The van der Waals surface area contributed by atoms with Crippen LogP contribution in [0.5, 0.6) is 11.5 Å². The fourth-order valence-corrected chi connectivity index (χ4v) is 3.22. The maximum atomic E-state index is 12.5. The molecule has 2 unspecified atom stereocenters. The minimum Gasteiger partial charge on any atom is -0.493 e. The van der Waals surface area contributed by atoms with Crippen molar-refractivity contribution in [2.75, 3.05) is 6.61 Å². The lowest BCUT2D eigenvalue weighted by Crippen LogP contribution is -2.40. The minimum atomic E-state index is -0.579. The van der Waals surface area contributed by atoms with E-state index in [4.69, 9.17) is 9.47 Å². The molecule has 126 valence electrons. The molecule has 24 heavy (non-hydrogen) atoms. The first-order valence-corrected chi connectivity index (χ1v) is 9.26. The smallest absolute Gasteiger partial charge is 0.261 e. The predicted octanol–water partition coefficient (Wildman–Crippen LogP) is 4.62. The number of fused-ring (bicyclic) bond motifs is 1. The van der Waals surface area contributed by atoms with Gasteiger partial charge in [-0.25, -0.2) is 0 Å². The van der Waals surface area contributed by atoms with Crippen molar-refractivity contribution in [2.45, 2.75) is 25.5 Å². The summed E-state index contributed by atoms with van der Waals surface area (Å²) in [5, 5.41) is 3.06. The maximum Gasteiger partial charge on any atom is 0.261 e. The van der Waals surface area contributed by atoms with Crippen molar-refractivity contribution in [3.05, 3.63) is 57.0 Å². The highest BCUT2D eigenvalue weighted by Gasteiger charge is 2.25. The molecule has 0 aromatic heterocycles. The Hall–Kier alpha value is -1.53. The molecule has 2 aromatic rings. The number of hydrogen-bond acceptors (Lipinski definition) is 3. The zero-order chi connectivity index (χ0) is 17.1. The first-order valence-electron chi connectivity index (χ1n) is 7.68. The molecule has 0 fully saturated rings. The molecule has 0 aliphatic carbocycles. The van der Waals surface area contributed by atoms with Crippen LogP contribution in [0.15, 0.2) is 51.4 Å². The number of ether oxygens (including phenoxy) is 2.